The molecule has 0 saturated heterocycles. The topological polar surface area (TPSA) is 20.3 Å². The molecule has 0 unspecified atom stereocenters. The average Bonchev–Trinajstić information content (AvgIpc) is 2.21. The smallest absolute Gasteiger partial charge is 0.257 e. The Bertz CT molecular complexity index is 420. The number of hydrogen-bond acceptors (Lipinski definition) is 1. The minimum absolute atomic E-state index is 0.0627. The molecule has 1 aromatic rings. The first-order valence-electron chi connectivity index (χ1n) is 4.51. The molecule has 3 heteroatoms. The molecule has 0 atom stereocenters. The van der Waals surface area contributed by atoms with Gasteiger partial charge < -0.3 is 4.90 Å². The Morgan fingerprint density at radius 2 is 2.27 bits per heavy atom. The van der Waals surface area contributed by atoms with Crippen molar-refractivity contribution in [2.75, 3.05) is 13.6 Å². The molecule has 0 aromatic heterocycles. The fourth-order valence-electron chi connectivity index (χ4n) is 1.22. The van der Waals surface area contributed by atoms with Crippen molar-refractivity contribution in [3.63, 3.8) is 0 Å². The lowest BCUT2D eigenvalue weighted by Crippen LogP contribution is -2.27. The Morgan fingerprint density at radius 3 is 2.87 bits per heavy atom. The Balaban J connectivity index is 3.01. The maximum absolute atomic E-state index is 13.3. The van der Waals surface area contributed by atoms with E-state index in [0.29, 0.717) is 0 Å². The highest BCUT2D eigenvalue weighted by molar-refractivity contribution is 5.94. The number of amides is 1. The lowest BCUT2D eigenvalue weighted by atomic mass is 10.1. The molecule has 1 aromatic carbocycles. The molecule has 0 aliphatic carbocycles. The monoisotopic (exact) mass is 205 g/mol. The minimum Gasteiger partial charge on any atom is -0.330 e. The largest absolute Gasteiger partial charge is 0.330 e. The third kappa shape index (κ3) is 2.57. The normalized spacial score (nSPS) is 9.47. The van der Waals surface area contributed by atoms with Crippen LogP contribution in [0.1, 0.15) is 15.9 Å². The molecule has 0 bridgehead atoms. The van der Waals surface area contributed by atoms with Crippen molar-refractivity contribution in [3.8, 4) is 12.3 Å². The van der Waals surface area contributed by atoms with Crippen LogP contribution in [0, 0.1) is 25.1 Å². The van der Waals surface area contributed by atoms with Crippen LogP contribution in [0.25, 0.3) is 0 Å². The van der Waals surface area contributed by atoms with E-state index in [2.05, 4.69) is 5.92 Å². The Kier molecular flexibility index (Phi) is 3.46. The van der Waals surface area contributed by atoms with Crippen LogP contribution in [-0.2, 0) is 0 Å². The predicted octanol–water partition coefficient (Wildman–Crippen LogP) is 1.84. The van der Waals surface area contributed by atoms with E-state index in [-0.39, 0.29) is 12.1 Å². The van der Waals surface area contributed by atoms with Crippen molar-refractivity contribution >= 4 is 5.91 Å². The second-order valence-corrected chi connectivity index (χ2v) is 3.35. The van der Waals surface area contributed by atoms with E-state index in [1.807, 2.05) is 0 Å². The van der Waals surface area contributed by atoms with Crippen LogP contribution in [0.2, 0.25) is 0 Å². The van der Waals surface area contributed by atoms with Crippen LogP contribution in [0.3, 0.4) is 0 Å². The number of aryl methyl sites for hydroxylation is 1. The number of carbonyl (C=O) groups is 1. The predicted molar refractivity (Wildman–Crippen MR) is 56.9 cm³/mol. The van der Waals surface area contributed by atoms with Crippen molar-refractivity contribution in [3.05, 3.63) is 35.1 Å². The molecule has 0 spiro atoms. The van der Waals surface area contributed by atoms with Gasteiger partial charge in [0.05, 0.1) is 12.1 Å². The lowest BCUT2D eigenvalue weighted by molar-refractivity contribution is 0.0808. The molecular weight excluding hydrogens is 193 g/mol. The number of carbonyl (C=O) groups excluding carboxylic acids is 1. The van der Waals surface area contributed by atoms with Crippen molar-refractivity contribution < 1.29 is 9.18 Å². The van der Waals surface area contributed by atoms with Gasteiger partial charge in [-0.05, 0) is 19.1 Å². The molecule has 0 aliphatic rings. The third-order valence-corrected chi connectivity index (χ3v) is 2.03. The highest BCUT2D eigenvalue weighted by Crippen LogP contribution is 2.11. The van der Waals surface area contributed by atoms with E-state index >= 15 is 0 Å². The van der Waals surface area contributed by atoms with Crippen molar-refractivity contribution in [2.45, 2.75) is 6.92 Å². The molecule has 1 amide bonds. The second-order valence-electron chi connectivity index (χ2n) is 3.35. The Labute approximate surface area is 88.7 Å². The Hall–Kier alpha value is -1.82. The molecule has 1 rings (SSSR count). The second kappa shape index (κ2) is 4.61. The summed E-state index contributed by atoms with van der Waals surface area (Å²) in [5.74, 6) is 1.42. The van der Waals surface area contributed by atoms with Gasteiger partial charge in [-0.2, -0.15) is 0 Å². The summed E-state index contributed by atoms with van der Waals surface area (Å²) in [5.41, 5.74) is 0.904. The summed E-state index contributed by atoms with van der Waals surface area (Å²) in [6, 6.07) is 4.42. The van der Waals surface area contributed by atoms with E-state index in [1.54, 1.807) is 20.0 Å². The maximum Gasteiger partial charge on any atom is 0.257 e. The summed E-state index contributed by atoms with van der Waals surface area (Å²) in [4.78, 5) is 13.0. The molecular formula is C12H12FNO. The number of rotatable bonds is 2. The van der Waals surface area contributed by atoms with Crippen LogP contribution in [0.15, 0.2) is 18.2 Å². The van der Waals surface area contributed by atoms with Gasteiger partial charge in [-0.25, -0.2) is 4.39 Å². The van der Waals surface area contributed by atoms with Gasteiger partial charge in [0.25, 0.3) is 5.91 Å². The Morgan fingerprint density at radius 1 is 1.60 bits per heavy atom. The SMILES string of the molecule is C#CCN(C)C(=O)c1cc(C)ccc1F. The zero-order valence-electron chi connectivity index (χ0n) is 8.75. The molecule has 0 radical (unpaired) electrons. The van der Waals surface area contributed by atoms with E-state index in [0.717, 1.165) is 5.56 Å². The summed E-state index contributed by atoms with van der Waals surface area (Å²) < 4.78 is 13.3. The number of hydrogen-bond donors (Lipinski definition) is 0. The first kappa shape index (κ1) is 11.3. The summed E-state index contributed by atoms with van der Waals surface area (Å²) >= 11 is 0. The van der Waals surface area contributed by atoms with Gasteiger partial charge in [-0.1, -0.05) is 17.6 Å². The molecule has 78 valence electrons. The van der Waals surface area contributed by atoms with Gasteiger partial charge in [0.1, 0.15) is 5.82 Å². The van der Waals surface area contributed by atoms with Crippen molar-refractivity contribution in [1.82, 2.24) is 4.90 Å². The van der Waals surface area contributed by atoms with E-state index in [1.165, 1.54) is 17.0 Å². The molecule has 0 fully saturated rings. The van der Waals surface area contributed by atoms with Gasteiger partial charge in [0.2, 0.25) is 0 Å². The fraction of sp³-hybridized carbons (Fsp3) is 0.250. The average molecular weight is 205 g/mol. The van der Waals surface area contributed by atoms with Gasteiger partial charge in [-0.3, -0.25) is 4.79 Å². The summed E-state index contributed by atoms with van der Waals surface area (Å²) in [5, 5.41) is 0. The number of nitrogens with zero attached hydrogens (tertiary/aromatic N) is 1. The van der Waals surface area contributed by atoms with Crippen LogP contribution in [0.4, 0.5) is 4.39 Å². The fourth-order valence-corrected chi connectivity index (χ4v) is 1.22. The molecule has 0 aliphatic heterocycles. The van der Waals surface area contributed by atoms with Gasteiger partial charge in [-0.15, -0.1) is 6.42 Å². The standard InChI is InChI=1S/C12H12FNO/c1-4-7-14(3)12(15)10-8-9(2)5-6-11(10)13/h1,5-6,8H,7H2,2-3H3. The van der Waals surface area contributed by atoms with E-state index in [9.17, 15) is 9.18 Å². The van der Waals surface area contributed by atoms with Gasteiger partial charge in [0.15, 0.2) is 0 Å². The highest BCUT2D eigenvalue weighted by Gasteiger charge is 2.15. The lowest BCUT2D eigenvalue weighted by Gasteiger charge is -2.14. The maximum atomic E-state index is 13.3. The summed E-state index contributed by atoms with van der Waals surface area (Å²) in [6.07, 6.45) is 5.08. The highest BCUT2D eigenvalue weighted by atomic mass is 19.1. The van der Waals surface area contributed by atoms with E-state index < -0.39 is 11.7 Å². The van der Waals surface area contributed by atoms with Crippen LogP contribution in [0.5, 0.6) is 0 Å². The molecule has 0 heterocycles. The van der Waals surface area contributed by atoms with Crippen molar-refractivity contribution in [1.29, 1.82) is 0 Å². The number of benzene rings is 1. The van der Waals surface area contributed by atoms with Gasteiger partial charge in [0, 0.05) is 7.05 Å². The summed E-state index contributed by atoms with van der Waals surface area (Å²) in [6.45, 7) is 1.98. The number of terminal acetylenes is 1. The third-order valence-electron chi connectivity index (χ3n) is 2.03. The number of halogens is 1. The zero-order chi connectivity index (χ0) is 11.4. The zero-order valence-corrected chi connectivity index (χ0v) is 8.75. The molecule has 0 N–H and O–H groups in total. The quantitative estimate of drug-likeness (QED) is 0.675. The van der Waals surface area contributed by atoms with Gasteiger partial charge >= 0.3 is 0 Å². The molecule has 0 saturated carbocycles. The van der Waals surface area contributed by atoms with Crippen LogP contribution >= 0.6 is 0 Å². The van der Waals surface area contributed by atoms with Crippen LogP contribution in [-0.4, -0.2) is 24.4 Å². The first-order valence-corrected chi connectivity index (χ1v) is 4.51. The van der Waals surface area contributed by atoms with Crippen LogP contribution < -0.4 is 0 Å². The first-order chi connectivity index (χ1) is 7.06. The van der Waals surface area contributed by atoms with E-state index in [4.69, 9.17) is 6.42 Å². The summed E-state index contributed by atoms with van der Waals surface area (Å²) in [7, 11) is 1.55. The van der Waals surface area contributed by atoms with Crippen molar-refractivity contribution in [2.24, 2.45) is 0 Å². The molecule has 15 heavy (non-hydrogen) atoms. The minimum atomic E-state index is -0.519. The molecule has 2 nitrogen and oxygen atoms in total.